The van der Waals surface area contributed by atoms with Crippen molar-refractivity contribution in [3.63, 3.8) is 0 Å². The smallest absolute Gasteiger partial charge is 0.243 e. The van der Waals surface area contributed by atoms with Crippen LogP contribution in [0.1, 0.15) is 19.8 Å². The van der Waals surface area contributed by atoms with Gasteiger partial charge in [0.15, 0.2) is 0 Å². The maximum atomic E-state index is 5.01. The third kappa shape index (κ3) is 3.59. The minimum absolute atomic E-state index is 0.780. The molecule has 74 valence electrons. The molecule has 0 spiro atoms. The molecule has 1 heterocycles. The molecular weight excluding hydrogens is 164 g/mol. The topological polar surface area (TPSA) is 18.0 Å². The van der Waals surface area contributed by atoms with E-state index in [0.717, 1.165) is 19.7 Å². The molecule has 1 aromatic heterocycles. The number of ether oxygens (including phenoxy) is 1. The molecule has 3 heteroatoms. The van der Waals surface area contributed by atoms with Crippen LogP contribution in [0.2, 0.25) is 0 Å². The minimum Gasteiger partial charge on any atom is -0.381 e. The highest BCUT2D eigenvalue weighted by Crippen LogP contribution is 1.88. The average Bonchev–Trinajstić information content (AvgIpc) is 2.59. The molecule has 0 atom stereocenters. The van der Waals surface area contributed by atoms with E-state index < -0.39 is 0 Å². The zero-order chi connectivity index (χ0) is 9.52. The highest BCUT2D eigenvalue weighted by atomic mass is 16.5. The Bertz CT molecular complexity index is 210. The van der Waals surface area contributed by atoms with Crippen molar-refractivity contribution < 1.29 is 9.30 Å². The van der Waals surface area contributed by atoms with Gasteiger partial charge in [-0.1, -0.05) is 13.3 Å². The van der Waals surface area contributed by atoms with E-state index in [4.69, 9.17) is 4.74 Å². The van der Waals surface area contributed by atoms with E-state index in [2.05, 4.69) is 34.8 Å². The third-order valence-electron chi connectivity index (χ3n) is 2.07. The Labute approximate surface area is 79.9 Å². The number of hydrogen-bond donors (Lipinski definition) is 0. The Morgan fingerprint density at radius 3 is 3.00 bits per heavy atom. The molecule has 0 N–H and O–H groups in total. The van der Waals surface area contributed by atoms with E-state index in [1.165, 1.54) is 12.8 Å². The van der Waals surface area contributed by atoms with Gasteiger partial charge in [0.2, 0.25) is 6.33 Å². The Balaban J connectivity index is 2.34. The van der Waals surface area contributed by atoms with Crippen molar-refractivity contribution in [3.8, 4) is 0 Å². The molecule has 0 radical (unpaired) electrons. The van der Waals surface area contributed by atoms with Crippen LogP contribution in [0.5, 0.6) is 0 Å². The lowest BCUT2D eigenvalue weighted by Crippen LogP contribution is -2.30. The van der Waals surface area contributed by atoms with Gasteiger partial charge in [0.1, 0.15) is 18.9 Å². The predicted molar refractivity (Wildman–Crippen MR) is 51.4 cm³/mol. The van der Waals surface area contributed by atoms with Crippen molar-refractivity contribution in [1.82, 2.24) is 4.57 Å². The maximum absolute atomic E-state index is 5.01. The Morgan fingerprint density at radius 2 is 2.31 bits per heavy atom. The quantitative estimate of drug-likeness (QED) is 0.606. The number of unbranched alkanes of at least 4 members (excludes halogenated alkanes) is 1. The summed E-state index contributed by atoms with van der Waals surface area (Å²) < 4.78 is 9.38. The number of hydrogen-bond acceptors (Lipinski definition) is 1. The van der Waals surface area contributed by atoms with E-state index in [9.17, 15) is 0 Å². The van der Waals surface area contributed by atoms with Gasteiger partial charge >= 0.3 is 0 Å². The van der Waals surface area contributed by atoms with Crippen LogP contribution in [0, 0.1) is 0 Å². The first-order valence-corrected chi connectivity index (χ1v) is 4.90. The first-order valence-electron chi connectivity index (χ1n) is 4.90. The second-order valence-electron chi connectivity index (χ2n) is 3.24. The summed E-state index contributed by atoms with van der Waals surface area (Å²) in [5, 5.41) is 0. The lowest BCUT2D eigenvalue weighted by Gasteiger charge is -1.94. The number of rotatable bonds is 6. The minimum atomic E-state index is 0.780. The molecule has 1 aromatic rings. The van der Waals surface area contributed by atoms with E-state index in [-0.39, 0.29) is 0 Å². The van der Waals surface area contributed by atoms with Crippen LogP contribution in [0.15, 0.2) is 18.7 Å². The van der Waals surface area contributed by atoms with Crippen LogP contribution in [-0.4, -0.2) is 18.3 Å². The number of imidazole rings is 1. The molecule has 3 nitrogen and oxygen atoms in total. The van der Waals surface area contributed by atoms with Gasteiger partial charge in [-0.25, -0.2) is 9.13 Å². The fourth-order valence-corrected chi connectivity index (χ4v) is 1.24. The molecule has 0 aromatic carbocycles. The van der Waals surface area contributed by atoms with Crippen LogP contribution in [0.25, 0.3) is 0 Å². The molecule has 0 unspecified atom stereocenters. The summed E-state index contributed by atoms with van der Waals surface area (Å²) in [7, 11) is 1.73. The van der Waals surface area contributed by atoms with Crippen molar-refractivity contribution in [2.75, 3.05) is 13.7 Å². The van der Waals surface area contributed by atoms with Crippen molar-refractivity contribution in [2.24, 2.45) is 0 Å². The second-order valence-corrected chi connectivity index (χ2v) is 3.24. The van der Waals surface area contributed by atoms with Gasteiger partial charge in [-0.05, 0) is 6.42 Å². The lowest BCUT2D eigenvalue weighted by atomic mass is 10.3. The van der Waals surface area contributed by atoms with Gasteiger partial charge in [-0.15, -0.1) is 0 Å². The normalized spacial score (nSPS) is 10.6. The number of methoxy groups -OCH3 is 1. The summed E-state index contributed by atoms with van der Waals surface area (Å²) in [6, 6.07) is 0. The van der Waals surface area contributed by atoms with E-state index in [1.807, 2.05) is 0 Å². The van der Waals surface area contributed by atoms with E-state index >= 15 is 0 Å². The Kier molecular flexibility index (Phi) is 4.54. The largest absolute Gasteiger partial charge is 0.381 e. The fraction of sp³-hybridized carbons (Fsp3) is 0.700. The zero-order valence-corrected chi connectivity index (χ0v) is 8.57. The molecule has 0 aliphatic rings. The van der Waals surface area contributed by atoms with Crippen LogP contribution in [0.4, 0.5) is 0 Å². The average molecular weight is 183 g/mol. The molecule has 0 saturated heterocycles. The first-order chi connectivity index (χ1) is 6.36. The SMILES string of the molecule is CCCC[n+]1ccn(CCOC)c1. The summed E-state index contributed by atoms with van der Waals surface area (Å²) in [5.74, 6) is 0. The molecule has 0 amide bonds. The summed E-state index contributed by atoms with van der Waals surface area (Å²) in [6.07, 6.45) is 8.84. The maximum Gasteiger partial charge on any atom is 0.243 e. The molecular formula is C10H19N2O+. The molecule has 0 aliphatic carbocycles. The van der Waals surface area contributed by atoms with Crippen molar-refractivity contribution in [1.29, 1.82) is 0 Å². The highest BCUT2D eigenvalue weighted by molar-refractivity contribution is 4.65. The van der Waals surface area contributed by atoms with Gasteiger partial charge < -0.3 is 4.74 Å². The third-order valence-corrected chi connectivity index (χ3v) is 2.07. The predicted octanol–water partition coefficient (Wildman–Crippen LogP) is 1.22. The van der Waals surface area contributed by atoms with Crippen molar-refractivity contribution in [2.45, 2.75) is 32.9 Å². The molecule has 1 rings (SSSR count). The zero-order valence-electron chi connectivity index (χ0n) is 8.57. The molecule has 13 heavy (non-hydrogen) atoms. The summed E-state index contributed by atoms with van der Waals surface area (Å²) >= 11 is 0. The van der Waals surface area contributed by atoms with Crippen LogP contribution >= 0.6 is 0 Å². The van der Waals surface area contributed by atoms with Gasteiger partial charge in [-0.2, -0.15) is 0 Å². The van der Waals surface area contributed by atoms with Crippen LogP contribution < -0.4 is 4.57 Å². The van der Waals surface area contributed by atoms with Crippen molar-refractivity contribution in [3.05, 3.63) is 18.7 Å². The van der Waals surface area contributed by atoms with Crippen LogP contribution in [0.3, 0.4) is 0 Å². The monoisotopic (exact) mass is 183 g/mol. The van der Waals surface area contributed by atoms with Gasteiger partial charge in [0.05, 0.1) is 13.2 Å². The molecule has 0 fully saturated rings. The summed E-state index contributed by atoms with van der Waals surface area (Å²) in [4.78, 5) is 0. The Morgan fingerprint density at radius 1 is 1.46 bits per heavy atom. The highest BCUT2D eigenvalue weighted by Gasteiger charge is 2.01. The van der Waals surface area contributed by atoms with Crippen LogP contribution in [-0.2, 0) is 17.8 Å². The van der Waals surface area contributed by atoms with Gasteiger partial charge in [-0.3, -0.25) is 0 Å². The standard InChI is InChI=1S/C10H19N2O/c1-3-4-5-11-6-7-12(10-11)8-9-13-2/h6-7,10H,3-5,8-9H2,1-2H3/q+1. The second kappa shape index (κ2) is 5.75. The Hall–Kier alpha value is -0.830. The number of aromatic nitrogens is 2. The lowest BCUT2D eigenvalue weighted by molar-refractivity contribution is -0.696. The summed E-state index contributed by atoms with van der Waals surface area (Å²) in [5.41, 5.74) is 0. The number of aryl methyl sites for hydroxylation is 1. The van der Waals surface area contributed by atoms with Crippen molar-refractivity contribution >= 4 is 0 Å². The van der Waals surface area contributed by atoms with Gasteiger partial charge in [0.25, 0.3) is 0 Å². The summed E-state index contributed by atoms with van der Waals surface area (Å²) in [6.45, 7) is 5.05. The fourth-order valence-electron chi connectivity index (χ4n) is 1.24. The van der Waals surface area contributed by atoms with E-state index in [0.29, 0.717) is 0 Å². The van der Waals surface area contributed by atoms with E-state index in [1.54, 1.807) is 7.11 Å². The molecule has 0 saturated carbocycles. The molecule has 0 bridgehead atoms. The van der Waals surface area contributed by atoms with Gasteiger partial charge in [0, 0.05) is 7.11 Å². The number of nitrogens with zero attached hydrogens (tertiary/aromatic N) is 2. The first kappa shape index (κ1) is 10.3. The molecule has 0 aliphatic heterocycles.